The van der Waals surface area contributed by atoms with Crippen LogP contribution in [0.1, 0.15) is 83.1 Å². The van der Waals surface area contributed by atoms with E-state index < -0.39 is 30.1 Å². The molecule has 39 heavy (non-hydrogen) atoms. The average Bonchev–Trinajstić information content (AvgIpc) is 2.93. The molecule has 3 amide bonds. The first-order chi connectivity index (χ1) is 18.7. The van der Waals surface area contributed by atoms with Crippen LogP contribution in [0.4, 0.5) is 4.79 Å². The van der Waals surface area contributed by atoms with Gasteiger partial charge in [0.15, 0.2) is 0 Å². The number of alkyl carbamates (subject to hydrolysis) is 1. The van der Waals surface area contributed by atoms with Gasteiger partial charge in [0.1, 0.15) is 18.7 Å². The summed E-state index contributed by atoms with van der Waals surface area (Å²) in [4.78, 5) is 52.7. The number of ether oxygens (including phenoxy) is 2. The number of methoxy groups -OCH3 is 1. The Morgan fingerprint density at radius 3 is 2.49 bits per heavy atom. The van der Waals surface area contributed by atoms with Gasteiger partial charge in [0.2, 0.25) is 11.8 Å². The normalized spacial score (nSPS) is 15.1. The van der Waals surface area contributed by atoms with Gasteiger partial charge in [-0.2, -0.15) is 0 Å². The van der Waals surface area contributed by atoms with Gasteiger partial charge in [0.25, 0.3) is 0 Å². The van der Waals surface area contributed by atoms with Crippen molar-refractivity contribution in [1.29, 1.82) is 0 Å². The summed E-state index contributed by atoms with van der Waals surface area (Å²) < 4.78 is 10.2. The summed E-state index contributed by atoms with van der Waals surface area (Å²) in [6, 6.07) is 5.08. The smallest absolute Gasteiger partial charge is 0.408 e. The van der Waals surface area contributed by atoms with Gasteiger partial charge in [-0.05, 0) is 42.9 Å². The minimum Gasteiger partial charge on any atom is -0.467 e. The Bertz CT molecular complexity index is 937. The lowest BCUT2D eigenvalue weighted by molar-refractivity contribution is -0.145. The molecule has 218 valence electrons. The second-order valence-corrected chi connectivity index (χ2v) is 10.7. The number of esters is 1. The minimum absolute atomic E-state index is 0.00281. The summed E-state index contributed by atoms with van der Waals surface area (Å²) in [5.41, 5.74) is 0.723. The average molecular weight is 566 g/mol. The van der Waals surface area contributed by atoms with Gasteiger partial charge in [-0.3, -0.25) is 9.59 Å². The van der Waals surface area contributed by atoms with Crippen LogP contribution in [0.25, 0.3) is 0 Å². The van der Waals surface area contributed by atoms with E-state index in [1.807, 2.05) is 0 Å². The molecule has 10 heteroatoms. The maximum absolute atomic E-state index is 13.4. The first kappa shape index (κ1) is 32.4. The van der Waals surface area contributed by atoms with Gasteiger partial charge >= 0.3 is 12.1 Å². The molecule has 0 bridgehead atoms. The van der Waals surface area contributed by atoms with Crippen LogP contribution in [0.2, 0.25) is 5.02 Å². The molecule has 1 aliphatic rings. The standard InChI is InChI=1S/C29H44ClN3O6/c1-4-5-9-17-33(2)26(34)16-15-24(28(36)38-3)31-27(35)25(19-21-11-7-6-8-12-21)32-29(37)39-20-22-13-10-14-23(30)18-22/h10,13-14,18,21,24-25H,4-9,11-12,15-17,19-20H2,1-3H3,(H,31,35)(H,32,37). The lowest BCUT2D eigenvalue weighted by atomic mass is 9.84. The van der Waals surface area contributed by atoms with E-state index in [1.165, 1.54) is 7.11 Å². The molecule has 2 atom stereocenters. The van der Waals surface area contributed by atoms with E-state index in [0.29, 0.717) is 18.0 Å². The number of hydrogen-bond acceptors (Lipinski definition) is 6. The number of halogens is 1. The molecule has 1 aromatic carbocycles. The molecule has 2 rings (SSSR count). The molecule has 2 N–H and O–H groups in total. The lowest BCUT2D eigenvalue weighted by Gasteiger charge is -2.27. The Morgan fingerprint density at radius 1 is 1.08 bits per heavy atom. The first-order valence-electron chi connectivity index (χ1n) is 14.0. The van der Waals surface area contributed by atoms with Crippen LogP contribution in [-0.4, -0.2) is 61.6 Å². The Hall–Kier alpha value is -2.81. The van der Waals surface area contributed by atoms with Gasteiger partial charge < -0.3 is 25.0 Å². The van der Waals surface area contributed by atoms with E-state index >= 15 is 0 Å². The maximum atomic E-state index is 13.4. The van der Waals surface area contributed by atoms with E-state index in [1.54, 1.807) is 36.2 Å². The van der Waals surface area contributed by atoms with Crippen LogP contribution in [0, 0.1) is 5.92 Å². The molecule has 0 heterocycles. The third-order valence-corrected chi connectivity index (χ3v) is 7.37. The van der Waals surface area contributed by atoms with Gasteiger partial charge in [-0.1, -0.05) is 75.6 Å². The second-order valence-electron chi connectivity index (χ2n) is 10.3. The zero-order valence-electron chi connectivity index (χ0n) is 23.5. The number of amides is 3. The monoisotopic (exact) mass is 565 g/mol. The highest BCUT2D eigenvalue weighted by atomic mass is 35.5. The van der Waals surface area contributed by atoms with E-state index in [9.17, 15) is 19.2 Å². The molecule has 0 aromatic heterocycles. The topological polar surface area (TPSA) is 114 Å². The fourth-order valence-corrected chi connectivity index (χ4v) is 5.01. The van der Waals surface area contributed by atoms with Crippen molar-refractivity contribution < 1.29 is 28.7 Å². The SMILES string of the molecule is CCCCCN(C)C(=O)CCC(NC(=O)C(CC1CCCCC1)NC(=O)OCc1cccc(Cl)c1)C(=O)OC. The molecular formula is C29H44ClN3O6. The van der Waals surface area contributed by atoms with Crippen molar-refractivity contribution in [1.82, 2.24) is 15.5 Å². The fourth-order valence-electron chi connectivity index (χ4n) is 4.79. The number of rotatable bonds is 15. The summed E-state index contributed by atoms with van der Waals surface area (Å²) in [7, 11) is 2.98. The quantitative estimate of drug-likeness (QED) is 0.229. The largest absolute Gasteiger partial charge is 0.467 e. The number of nitrogens with zero attached hydrogens (tertiary/aromatic N) is 1. The Morgan fingerprint density at radius 2 is 1.82 bits per heavy atom. The van der Waals surface area contributed by atoms with Crippen LogP contribution >= 0.6 is 11.6 Å². The van der Waals surface area contributed by atoms with E-state index in [-0.39, 0.29) is 31.3 Å². The van der Waals surface area contributed by atoms with E-state index in [2.05, 4.69) is 17.6 Å². The number of hydrogen-bond donors (Lipinski definition) is 2. The molecule has 1 fully saturated rings. The van der Waals surface area contributed by atoms with Gasteiger partial charge in [-0.15, -0.1) is 0 Å². The third kappa shape index (κ3) is 12.3. The highest BCUT2D eigenvalue weighted by molar-refractivity contribution is 6.30. The third-order valence-electron chi connectivity index (χ3n) is 7.13. The zero-order valence-corrected chi connectivity index (χ0v) is 24.3. The van der Waals surface area contributed by atoms with Crippen molar-refractivity contribution in [3.05, 3.63) is 34.9 Å². The number of nitrogens with one attached hydrogen (secondary N) is 2. The Balaban J connectivity index is 2.02. The van der Waals surface area contributed by atoms with Gasteiger partial charge in [0, 0.05) is 25.0 Å². The van der Waals surface area contributed by atoms with Crippen LogP contribution in [0.15, 0.2) is 24.3 Å². The van der Waals surface area contributed by atoms with Gasteiger partial charge in [-0.25, -0.2) is 9.59 Å². The molecule has 1 saturated carbocycles. The summed E-state index contributed by atoms with van der Waals surface area (Å²) in [6.45, 7) is 2.75. The number of carbonyl (C=O) groups excluding carboxylic acids is 4. The number of carbonyl (C=O) groups is 4. The summed E-state index contributed by atoms with van der Waals surface area (Å²) in [5, 5.41) is 5.94. The van der Waals surface area contributed by atoms with Crippen molar-refractivity contribution in [3.63, 3.8) is 0 Å². The van der Waals surface area contributed by atoms with Crippen LogP contribution in [-0.2, 0) is 30.5 Å². The molecule has 0 aliphatic heterocycles. The van der Waals surface area contributed by atoms with Crippen molar-refractivity contribution in [3.8, 4) is 0 Å². The molecule has 1 aliphatic carbocycles. The molecule has 0 spiro atoms. The number of unbranched alkanes of at least 4 members (excludes halogenated alkanes) is 2. The van der Waals surface area contributed by atoms with Crippen LogP contribution < -0.4 is 10.6 Å². The minimum atomic E-state index is -1.01. The molecule has 2 unspecified atom stereocenters. The molecule has 0 saturated heterocycles. The molecular weight excluding hydrogens is 522 g/mol. The van der Waals surface area contributed by atoms with Crippen molar-refractivity contribution in [2.75, 3.05) is 20.7 Å². The zero-order chi connectivity index (χ0) is 28.6. The molecule has 0 radical (unpaired) electrons. The second kappa shape index (κ2) is 17.7. The summed E-state index contributed by atoms with van der Waals surface area (Å²) in [6.07, 6.45) is 8.17. The van der Waals surface area contributed by atoms with Crippen LogP contribution in [0.5, 0.6) is 0 Å². The Kier molecular flexibility index (Phi) is 14.7. The van der Waals surface area contributed by atoms with E-state index in [4.69, 9.17) is 21.1 Å². The van der Waals surface area contributed by atoms with Crippen molar-refractivity contribution in [2.24, 2.45) is 5.92 Å². The molecule has 1 aromatic rings. The summed E-state index contributed by atoms with van der Waals surface area (Å²) >= 11 is 6.00. The highest BCUT2D eigenvalue weighted by Gasteiger charge is 2.30. The van der Waals surface area contributed by atoms with E-state index in [0.717, 1.165) is 56.9 Å². The Labute approximate surface area is 237 Å². The predicted octanol–water partition coefficient (Wildman–Crippen LogP) is 4.99. The summed E-state index contributed by atoms with van der Waals surface area (Å²) in [5.74, 6) is -0.961. The molecule has 9 nitrogen and oxygen atoms in total. The predicted molar refractivity (Wildman–Crippen MR) is 150 cm³/mol. The lowest BCUT2D eigenvalue weighted by Crippen LogP contribution is -2.52. The van der Waals surface area contributed by atoms with Crippen molar-refractivity contribution >= 4 is 35.5 Å². The van der Waals surface area contributed by atoms with Crippen LogP contribution in [0.3, 0.4) is 0 Å². The number of benzene rings is 1. The van der Waals surface area contributed by atoms with Gasteiger partial charge in [0.05, 0.1) is 7.11 Å². The fraction of sp³-hybridized carbons (Fsp3) is 0.655. The maximum Gasteiger partial charge on any atom is 0.408 e. The first-order valence-corrected chi connectivity index (χ1v) is 14.4. The van der Waals surface area contributed by atoms with Crippen molar-refractivity contribution in [2.45, 2.75) is 96.2 Å². The highest BCUT2D eigenvalue weighted by Crippen LogP contribution is 2.27.